The van der Waals surface area contributed by atoms with Gasteiger partial charge in [0.15, 0.2) is 0 Å². The summed E-state index contributed by atoms with van der Waals surface area (Å²) in [5, 5.41) is 4.00. The molecule has 132 valence electrons. The van der Waals surface area contributed by atoms with Gasteiger partial charge in [0, 0.05) is 62.8 Å². The Morgan fingerprint density at radius 1 is 1.12 bits per heavy atom. The molecule has 0 saturated carbocycles. The molecule has 0 spiro atoms. The lowest BCUT2D eigenvalue weighted by atomic mass is 10.0. The molecular formula is C18H24N6O. The normalized spacial score (nSPS) is 23.2. The first-order valence-electron chi connectivity index (χ1n) is 8.79. The lowest BCUT2D eigenvalue weighted by Crippen LogP contribution is -2.32. The minimum Gasteiger partial charge on any atom is -0.356 e. The molecule has 2 saturated heterocycles. The van der Waals surface area contributed by atoms with Crippen molar-refractivity contribution in [2.45, 2.75) is 20.4 Å². The second-order valence-corrected chi connectivity index (χ2v) is 7.31. The average molecular weight is 340 g/mol. The number of likely N-dealkylation sites (tertiary alicyclic amines) is 1. The maximum atomic E-state index is 12.2. The molecule has 4 heterocycles. The summed E-state index contributed by atoms with van der Waals surface area (Å²) in [7, 11) is 1.70. The highest BCUT2D eigenvalue weighted by atomic mass is 16.1. The third kappa shape index (κ3) is 2.93. The Labute approximate surface area is 147 Å². The predicted molar refractivity (Wildman–Crippen MR) is 95.5 cm³/mol. The van der Waals surface area contributed by atoms with E-state index >= 15 is 0 Å². The summed E-state index contributed by atoms with van der Waals surface area (Å²) in [6, 6.07) is 1.84. The highest BCUT2D eigenvalue weighted by Crippen LogP contribution is 2.34. The van der Waals surface area contributed by atoms with E-state index in [1.807, 2.05) is 13.0 Å². The molecule has 2 aromatic rings. The van der Waals surface area contributed by atoms with E-state index in [0.717, 1.165) is 43.3 Å². The molecule has 2 aliphatic heterocycles. The van der Waals surface area contributed by atoms with Crippen LogP contribution < -0.4 is 10.5 Å². The number of rotatable bonds is 3. The Morgan fingerprint density at radius 3 is 2.56 bits per heavy atom. The van der Waals surface area contributed by atoms with Crippen molar-refractivity contribution in [2.24, 2.45) is 18.9 Å². The summed E-state index contributed by atoms with van der Waals surface area (Å²) >= 11 is 0. The molecule has 0 radical (unpaired) electrons. The minimum atomic E-state index is 0.00766. The van der Waals surface area contributed by atoms with Gasteiger partial charge in [-0.25, -0.2) is 14.6 Å². The van der Waals surface area contributed by atoms with E-state index in [1.54, 1.807) is 19.6 Å². The molecule has 2 unspecified atom stereocenters. The number of aromatic nitrogens is 4. The molecule has 0 amide bonds. The Hall–Kier alpha value is -2.28. The number of fused-ring (bicyclic) bond motifs is 1. The monoisotopic (exact) mass is 340 g/mol. The van der Waals surface area contributed by atoms with Gasteiger partial charge in [0.05, 0.1) is 0 Å². The van der Waals surface area contributed by atoms with Crippen LogP contribution in [0.15, 0.2) is 23.4 Å². The summed E-state index contributed by atoms with van der Waals surface area (Å²) in [6.07, 6.45) is 3.37. The number of anilines is 1. The van der Waals surface area contributed by atoms with Crippen LogP contribution in [0.4, 0.5) is 5.82 Å². The van der Waals surface area contributed by atoms with Crippen LogP contribution in [-0.4, -0.2) is 50.8 Å². The van der Waals surface area contributed by atoms with E-state index < -0.39 is 0 Å². The summed E-state index contributed by atoms with van der Waals surface area (Å²) in [5.74, 6) is 2.36. The third-order valence-electron chi connectivity index (χ3n) is 5.65. The zero-order valence-electron chi connectivity index (χ0n) is 15.0. The molecule has 0 N–H and O–H groups in total. The van der Waals surface area contributed by atoms with Gasteiger partial charge in [-0.15, -0.1) is 0 Å². The van der Waals surface area contributed by atoms with Crippen molar-refractivity contribution < 1.29 is 0 Å². The van der Waals surface area contributed by atoms with E-state index in [9.17, 15) is 4.79 Å². The number of nitrogens with zero attached hydrogens (tertiary/aromatic N) is 6. The third-order valence-corrected chi connectivity index (χ3v) is 5.65. The topological polar surface area (TPSA) is 67.2 Å². The zero-order valence-corrected chi connectivity index (χ0v) is 15.0. The van der Waals surface area contributed by atoms with Gasteiger partial charge in [0.2, 0.25) is 0 Å². The molecular weight excluding hydrogens is 316 g/mol. The summed E-state index contributed by atoms with van der Waals surface area (Å²) in [5.41, 5.74) is 3.07. The standard InChI is InChI=1S/C18H24N6O/c1-12-13(2)19-11-20-17(12)24-9-15-7-23(8-16(15)10-24)6-14-4-5-21-22(3)18(14)25/h4-5,11,15-16H,6-10H2,1-3H3. The van der Waals surface area contributed by atoms with Crippen molar-refractivity contribution in [1.82, 2.24) is 24.6 Å². The number of aryl methyl sites for hydroxylation is 2. The van der Waals surface area contributed by atoms with Crippen LogP contribution in [-0.2, 0) is 13.6 Å². The van der Waals surface area contributed by atoms with Crippen LogP contribution in [0, 0.1) is 25.7 Å². The molecule has 25 heavy (non-hydrogen) atoms. The van der Waals surface area contributed by atoms with Crippen molar-refractivity contribution in [2.75, 3.05) is 31.1 Å². The van der Waals surface area contributed by atoms with Crippen molar-refractivity contribution in [3.05, 3.63) is 45.8 Å². The average Bonchev–Trinajstić information content (AvgIpc) is 3.13. The van der Waals surface area contributed by atoms with E-state index in [2.05, 4.69) is 31.8 Å². The van der Waals surface area contributed by atoms with Gasteiger partial charge in [-0.1, -0.05) is 0 Å². The lowest BCUT2D eigenvalue weighted by Gasteiger charge is -2.23. The van der Waals surface area contributed by atoms with Gasteiger partial charge in [0.1, 0.15) is 12.1 Å². The molecule has 2 atom stereocenters. The van der Waals surface area contributed by atoms with Crippen molar-refractivity contribution in [1.29, 1.82) is 0 Å². The van der Waals surface area contributed by atoms with Crippen LogP contribution in [0.1, 0.15) is 16.8 Å². The van der Waals surface area contributed by atoms with E-state index in [4.69, 9.17) is 0 Å². The maximum Gasteiger partial charge on any atom is 0.270 e. The lowest BCUT2D eigenvalue weighted by molar-refractivity contribution is 0.306. The summed E-state index contributed by atoms with van der Waals surface area (Å²) in [6.45, 7) is 9.00. The molecule has 7 nitrogen and oxygen atoms in total. The van der Waals surface area contributed by atoms with Crippen LogP contribution in [0.25, 0.3) is 0 Å². The van der Waals surface area contributed by atoms with Crippen molar-refractivity contribution in [3.8, 4) is 0 Å². The Kier molecular flexibility index (Phi) is 4.03. The first-order valence-corrected chi connectivity index (χ1v) is 8.79. The second kappa shape index (κ2) is 6.22. The summed E-state index contributed by atoms with van der Waals surface area (Å²) < 4.78 is 1.41. The molecule has 2 fully saturated rings. The molecule has 0 bridgehead atoms. The molecule has 0 aliphatic carbocycles. The second-order valence-electron chi connectivity index (χ2n) is 7.31. The van der Waals surface area contributed by atoms with Crippen molar-refractivity contribution in [3.63, 3.8) is 0 Å². The first-order chi connectivity index (χ1) is 12.0. The Balaban J connectivity index is 1.43. The van der Waals surface area contributed by atoms with Gasteiger partial charge < -0.3 is 4.90 Å². The quantitative estimate of drug-likeness (QED) is 0.822. The Morgan fingerprint density at radius 2 is 1.84 bits per heavy atom. The van der Waals surface area contributed by atoms with Gasteiger partial charge >= 0.3 is 0 Å². The van der Waals surface area contributed by atoms with Crippen LogP contribution in [0.2, 0.25) is 0 Å². The first kappa shape index (κ1) is 16.2. The van der Waals surface area contributed by atoms with E-state index in [-0.39, 0.29) is 5.56 Å². The molecule has 2 aliphatic rings. The predicted octanol–water partition coefficient (Wildman–Crippen LogP) is 0.755. The van der Waals surface area contributed by atoms with Crippen LogP contribution >= 0.6 is 0 Å². The smallest absolute Gasteiger partial charge is 0.270 e. The Bertz CT molecular complexity index is 834. The van der Waals surface area contributed by atoms with Gasteiger partial charge in [-0.05, 0) is 31.7 Å². The zero-order chi connectivity index (χ0) is 17.6. The highest BCUT2D eigenvalue weighted by Gasteiger charge is 2.40. The fourth-order valence-corrected chi connectivity index (χ4v) is 4.15. The van der Waals surface area contributed by atoms with Gasteiger partial charge in [-0.3, -0.25) is 9.69 Å². The molecule has 2 aromatic heterocycles. The summed E-state index contributed by atoms with van der Waals surface area (Å²) in [4.78, 5) is 25.8. The highest BCUT2D eigenvalue weighted by molar-refractivity contribution is 5.48. The number of hydrogen-bond acceptors (Lipinski definition) is 6. The largest absolute Gasteiger partial charge is 0.356 e. The van der Waals surface area contributed by atoms with Crippen LogP contribution in [0.5, 0.6) is 0 Å². The van der Waals surface area contributed by atoms with Gasteiger partial charge in [-0.2, -0.15) is 5.10 Å². The SMILES string of the molecule is Cc1ncnc(N2CC3CN(Cc4ccnn(C)c4=O)CC3C2)c1C. The molecule has 7 heteroatoms. The number of hydrogen-bond donors (Lipinski definition) is 0. The molecule has 4 rings (SSSR count). The fourth-order valence-electron chi connectivity index (χ4n) is 4.15. The van der Waals surface area contributed by atoms with Gasteiger partial charge in [0.25, 0.3) is 5.56 Å². The maximum absolute atomic E-state index is 12.2. The van der Waals surface area contributed by atoms with Crippen molar-refractivity contribution >= 4 is 5.82 Å². The van der Waals surface area contributed by atoms with E-state index in [0.29, 0.717) is 18.4 Å². The van der Waals surface area contributed by atoms with E-state index in [1.165, 1.54) is 10.2 Å². The molecule has 0 aromatic carbocycles. The van der Waals surface area contributed by atoms with Crippen LogP contribution in [0.3, 0.4) is 0 Å². The minimum absolute atomic E-state index is 0.00766. The fraction of sp³-hybridized carbons (Fsp3) is 0.556.